The van der Waals surface area contributed by atoms with Gasteiger partial charge in [-0.25, -0.2) is 13.1 Å². The number of carbonyl (C=O) groups is 1. The molecule has 0 saturated heterocycles. The van der Waals surface area contributed by atoms with Crippen LogP contribution in [0.5, 0.6) is 0 Å². The fourth-order valence-electron chi connectivity index (χ4n) is 1.65. The number of carbonyl (C=O) groups excluding carboxylic acids is 1. The maximum atomic E-state index is 12.0. The number of rotatable bonds is 7. The average Bonchev–Trinajstić information content (AvgIpc) is 2.41. The molecule has 0 saturated carbocycles. The largest absolute Gasteiger partial charge is 0.382 e. The van der Waals surface area contributed by atoms with E-state index in [1.54, 1.807) is 0 Å². The summed E-state index contributed by atoms with van der Waals surface area (Å²) in [5.41, 5.74) is 0.0153. The summed E-state index contributed by atoms with van der Waals surface area (Å²) >= 11 is 0. The minimum atomic E-state index is -3.32. The summed E-state index contributed by atoms with van der Waals surface area (Å²) < 4.78 is 23.9. The standard InChI is InChI=1S/C11H16N4O5S/c1-12-10-8(4-3-5-9(10)15(17)18)11(16)13-6-7-14-21(2,19)20/h3-5,12,14H,6-7H2,1-2H3,(H,13,16). The quantitative estimate of drug-likeness (QED) is 0.366. The number of nitro benzene ring substituents is 1. The van der Waals surface area contributed by atoms with Crippen molar-refractivity contribution in [3.05, 3.63) is 33.9 Å². The van der Waals surface area contributed by atoms with E-state index in [-0.39, 0.29) is 30.0 Å². The van der Waals surface area contributed by atoms with E-state index in [1.165, 1.54) is 25.2 Å². The normalized spacial score (nSPS) is 11.0. The maximum Gasteiger partial charge on any atom is 0.293 e. The third-order valence-electron chi connectivity index (χ3n) is 2.51. The van der Waals surface area contributed by atoms with E-state index in [2.05, 4.69) is 15.4 Å². The van der Waals surface area contributed by atoms with Crippen molar-refractivity contribution in [1.29, 1.82) is 0 Å². The Bertz CT molecular complexity index is 644. The SMILES string of the molecule is CNc1c(C(=O)NCCNS(C)(=O)=O)cccc1[N+](=O)[O-]. The second-order valence-corrected chi connectivity index (χ2v) is 5.96. The number of hydrogen-bond donors (Lipinski definition) is 3. The first-order chi connectivity index (χ1) is 9.76. The van der Waals surface area contributed by atoms with E-state index in [0.29, 0.717) is 0 Å². The molecule has 0 unspecified atom stereocenters. The highest BCUT2D eigenvalue weighted by molar-refractivity contribution is 7.88. The smallest absolute Gasteiger partial charge is 0.293 e. The van der Waals surface area contributed by atoms with Crippen molar-refractivity contribution in [2.45, 2.75) is 0 Å². The van der Waals surface area contributed by atoms with Gasteiger partial charge < -0.3 is 10.6 Å². The Hall–Kier alpha value is -2.20. The number of anilines is 1. The van der Waals surface area contributed by atoms with Gasteiger partial charge in [-0.05, 0) is 6.07 Å². The van der Waals surface area contributed by atoms with E-state index in [1.807, 2.05) is 0 Å². The summed E-state index contributed by atoms with van der Waals surface area (Å²) in [6.07, 6.45) is 1.01. The molecule has 0 aromatic heterocycles. The molecule has 0 bridgehead atoms. The molecule has 0 fully saturated rings. The molecular formula is C11H16N4O5S. The zero-order chi connectivity index (χ0) is 16.0. The highest BCUT2D eigenvalue weighted by Gasteiger charge is 2.20. The molecule has 1 amide bonds. The van der Waals surface area contributed by atoms with Gasteiger partial charge in [0.25, 0.3) is 11.6 Å². The molecule has 1 aromatic carbocycles. The van der Waals surface area contributed by atoms with Crippen molar-refractivity contribution in [3.63, 3.8) is 0 Å². The second-order valence-electron chi connectivity index (χ2n) is 4.13. The van der Waals surface area contributed by atoms with Crippen molar-refractivity contribution in [2.75, 3.05) is 31.7 Å². The Morgan fingerprint density at radius 1 is 1.33 bits per heavy atom. The van der Waals surface area contributed by atoms with E-state index in [4.69, 9.17) is 0 Å². The van der Waals surface area contributed by atoms with Gasteiger partial charge in [-0.1, -0.05) is 6.07 Å². The Morgan fingerprint density at radius 2 is 2.00 bits per heavy atom. The molecule has 0 aliphatic carbocycles. The summed E-state index contributed by atoms with van der Waals surface area (Å²) in [7, 11) is -1.84. The van der Waals surface area contributed by atoms with Crippen LogP contribution in [0.4, 0.5) is 11.4 Å². The van der Waals surface area contributed by atoms with Crippen molar-refractivity contribution >= 4 is 27.3 Å². The topological polar surface area (TPSA) is 130 Å². The Balaban J connectivity index is 2.79. The fourth-order valence-corrected chi connectivity index (χ4v) is 2.12. The third-order valence-corrected chi connectivity index (χ3v) is 3.24. The number of sulfonamides is 1. The highest BCUT2D eigenvalue weighted by Crippen LogP contribution is 2.27. The van der Waals surface area contributed by atoms with Gasteiger partial charge in [0, 0.05) is 26.2 Å². The molecule has 9 nitrogen and oxygen atoms in total. The lowest BCUT2D eigenvalue weighted by molar-refractivity contribution is -0.384. The van der Waals surface area contributed by atoms with Crippen molar-refractivity contribution in [3.8, 4) is 0 Å². The van der Waals surface area contributed by atoms with Gasteiger partial charge in [0.1, 0.15) is 5.69 Å². The van der Waals surface area contributed by atoms with Gasteiger partial charge in [0.2, 0.25) is 10.0 Å². The lowest BCUT2D eigenvalue weighted by atomic mass is 10.1. The van der Waals surface area contributed by atoms with Crippen LogP contribution in [-0.4, -0.2) is 45.6 Å². The molecule has 0 spiro atoms. The molecule has 0 heterocycles. The van der Waals surface area contributed by atoms with E-state index >= 15 is 0 Å². The lowest BCUT2D eigenvalue weighted by Crippen LogP contribution is -2.34. The van der Waals surface area contributed by atoms with E-state index in [9.17, 15) is 23.3 Å². The first-order valence-electron chi connectivity index (χ1n) is 5.94. The number of para-hydroxylation sites is 1. The summed E-state index contributed by atoms with van der Waals surface area (Å²) in [6.45, 7) is 0.103. The maximum absolute atomic E-state index is 12.0. The highest BCUT2D eigenvalue weighted by atomic mass is 32.2. The molecule has 0 radical (unpaired) electrons. The molecule has 0 atom stereocenters. The molecule has 1 rings (SSSR count). The van der Waals surface area contributed by atoms with Gasteiger partial charge in [-0.15, -0.1) is 0 Å². The molecule has 0 aliphatic heterocycles. The molecular weight excluding hydrogens is 300 g/mol. The molecule has 21 heavy (non-hydrogen) atoms. The van der Waals surface area contributed by atoms with E-state index in [0.717, 1.165) is 6.26 Å². The van der Waals surface area contributed by atoms with Gasteiger partial charge in [0.05, 0.1) is 16.7 Å². The minimum Gasteiger partial charge on any atom is -0.382 e. The van der Waals surface area contributed by atoms with Crippen molar-refractivity contribution < 1.29 is 18.1 Å². The summed E-state index contributed by atoms with van der Waals surface area (Å²) in [5.74, 6) is -0.529. The van der Waals surface area contributed by atoms with Crippen LogP contribution in [0.3, 0.4) is 0 Å². The number of amides is 1. The molecule has 116 valence electrons. The summed E-state index contributed by atoms with van der Waals surface area (Å²) in [4.78, 5) is 22.3. The van der Waals surface area contributed by atoms with Crippen molar-refractivity contribution in [2.24, 2.45) is 0 Å². The second kappa shape index (κ2) is 6.99. The Kier molecular flexibility index (Phi) is 5.61. The first kappa shape index (κ1) is 16.9. The number of benzene rings is 1. The Morgan fingerprint density at radius 3 is 2.52 bits per heavy atom. The molecule has 10 heteroatoms. The monoisotopic (exact) mass is 316 g/mol. The molecule has 0 aliphatic rings. The number of hydrogen-bond acceptors (Lipinski definition) is 6. The third kappa shape index (κ3) is 5.00. The zero-order valence-corrected chi connectivity index (χ0v) is 12.4. The average molecular weight is 316 g/mol. The van der Waals surface area contributed by atoms with Gasteiger partial charge in [-0.2, -0.15) is 0 Å². The molecule has 1 aromatic rings. The number of nitro groups is 1. The molecule has 3 N–H and O–H groups in total. The number of nitrogens with one attached hydrogen (secondary N) is 3. The summed E-state index contributed by atoms with van der Waals surface area (Å²) in [5, 5.41) is 16.0. The van der Waals surface area contributed by atoms with Crippen LogP contribution in [-0.2, 0) is 10.0 Å². The number of nitrogens with zero attached hydrogens (tertiary/aromatic N) is 1. The first-order valence-corrected chi connectivity index (χ1v) is 7.83. The van der Waals surface area contributed by atoms with Crippen LogP contribution in [0.2, 0.25) is 0 Å². The fraction of sp³-hybridized carbons (Fsp3) is 0.364. The predicted molar refractivity (Wildman–Crippen MR) is 77.8 cm³/mol. The van der Waals surface area contributed by atoms with Gasteiger partial charge >= 0.3 is 0 Å². The predicted octanol–water partition coefficient (Wildman–Crippen LogP) is -0.0845. The van der Waals surface area contributed by atoms with Crippen LogP contribution in [0, 0.1) is 10.1 Å². The lowest BCUT2D eigenvalue weighted by Gasteiger charge is -2.10. The van der Waals surface area contributed by atoms with Crippen LogP contribution in [0.1, 0.15) is 10.4 Å². The van der Waals surface area contributed by atoms with Crippen LogP contribution in [0.25, 0.3) is 0 Å². The van der Waals surface area contributed by atoms with Crippen LogP contribution >= 0.6 is 0 Å². The van der Waals surface area contributed by atoms with Crippen LogP contribution in [0.15, 0.2) is 18.2 Å². The summed E-state index contributed by atoms with van der Waals surface area (Å²) in [6, 6.07) is 4.13. The minimum absolute atomic E-state index is 0.0361. The van der Waals surface area contributed by atoms with Crippen LogP contribution < -0.4 is 15.4 Å². The van der Waals surface area contributed by atoms with Crippen molar-refractivity contribution in [1.82, 2.24) is 10.0 Å². The van der Waals surface area contributed by atoms with Gasteiger partial charge in [-0.3, -0.25) is 14.9 Å². The van der Waals surface area contributed by atoms with E-state index < -0.39 is 20.9 Å². The Labute approximate surface area is 121 Å². The zero-order valence-electron chi connectivity index (χ0n) is 11.5. The van der Waals surface area contributed by atoms with Gasteiger partial charge in [0.15, 0.2) is 0 Å².